The Balaban J connectivity index is 2.66. The summed E-state index contributed by atoms with van der Waals surface area (Å²) < 4.78 is 13.1. The number of carbonyl (C=O) groups excluding carboxylic acids is 2. The van der Waals surface area contributed by atoms with Gasteiger partial charge in [0.2, 0.25) is 5.91 Å². The average molecular weight is 289 g/mol. The van der Waals surface area contributed by atoms with Crippen molar-refractivity contribution in [2.45, 2.75) is 13.3 Å². The molecule has 1 aromatic rings. The summed E-state index contributed by atoms with van der Waals surface area (Å²) in [4.78, 5) is 22.3. The van der Waals surface area contributed by atoms with Crippen molar-refractivity contribution in [3.05, 3.63) is 34.1 Å². The Hall–Kier alpha value is -1.43. The molecular formula is C10H10BrFN2O2. The van der Waals surface area contributed by atoms with E-state index in [1.165, 1.54) is 18.2 Å². The van der Waals surface area contributed by atoms with Crippen LogP contribution in [0.25, 0.3) is 0 Å². The zero-order valence-corrected chi connectivity index (χ0v) is 10.1. The predicted molar refractivity (Wildman–Crippen MR) is 60.0 cm³/mol. The first kappa shape index (κ1) is 12.6. The largest absolute Gasteiger partial charge is 0.273 e. The Morgan fingerprint density at radius 1 is 1.38 bits per heavy atom. The maximum absolute atomic E-state index is 12.9. The van der Waals surface area contributed by atoms with Gasteiger partial charge >= 0.3 is 0 Å². The van der Waals surface area contributed by atoms with Crippen molar-refractivity contribution in [3.63, 3.8) is 0 Å². The van der Waals surface area contributed by atoms with Gasteiger partial charge in [-0.15, -0.1) is 0 Å². The molecule has 86 valence electrons. The summed E-state index contributed by atoms with van der Waals surface area (Å²) in [5.74, 6) is -1.24. The third-order valence-electron chi connectivity index (χ3n) is 1.82. The van der Waals surface area contributed by atoms with Gasteiger partial charge in [0.15, 0.2) is 0 Å². The topological polar surface area (TPSA) is 58.2 Å². The van der Waals surface area contributed by atoms with Crippen LogP contribution in [0.15, 0.2) is 22.7 Å². The number of halogens is 2. The summed E-state index contributed by atoms with van der Waals surface area (Å²) in [7, 11) is 0. The van der Waals surface area contributed by atoms with Crippen molar-refractivity contribution in [2.24, 2.45) is 0 Å². The monoisotopic (exact) mass is 288 g/mol. The van der Waals surface area contributed by atoms with Crippen LogP contribution in [0.4, 0.5) is 4.39 Å². The molecular weight excluding hydrogens is 279 g/mol. The Labute approximate surface area is 100 Å². The van der Waals surface area contributed by atoms with E-state index in [9.17, 15) is 14.0 Å². The lowest BCUT2D eigenvalue weighted by atomic mass is 10.2. The molecule has 0 unspecified atom stereocenters. The third kappa shape index (κ3) is 3.30. The molecule has 0 aliphatic rings. The molecule has 0 bridgehead atoms. The highest BCUT2D eigenvalue weighted by Crippen LogP contribution is 2.16. The van der Waals surface area contributed by atoms with Crippen LogP contribution in [-0.2, 0) is 4.79 Å². The van der Waals surface area contributed by atoms with Crippen LogP contribution in [0.5, 0.6) is 0 Å². The lowest BCUT2D eigenvalue weighted by Crippen LogP contribution is -2.41. The van der Waals surface area contributed by atoms with Crippen LogP contribution in [0.3, 0.4) is 0 Å². The van der Waals surface area contributed by atoms with Gasteiger partial charge in [-0.25, -0.2) is 4.39 Å². The number of carbonyl (C=O) groups is 2. The van der Waals surface area contributed by atoms with E-state index in [1.807, 2.05) is 0 Å². The highest BCUT2D eigenvalue weighted by Gasteiger charge is 2.08. The van der Waals surface area contributed by atoms with Crippen LogP contribution in [-0.4, -0.2) is 11.8 Å². The first-order chi connectivity index (χ1) is 7.54. The molecule has 0 saturated heterocycles. The van der Waals surface area contributed by atoms with E-state index in [0.717, 1.165) is 0 Å². The lowest BCUT2D eigenvalue weighted by molar-refractivity contribution is -0.121. The van der Waals surface area contributed by atoms with Crippen LogP contribution in [0.2, 0.25) is 0 Å². The van der Waals surface area contributed by atoms with Crippen LogP contribution < -0.4 is 10.9 Å². The normalized spacial score (nSPS) is 9.69. The Morgan fingerprint density at radius 2 is 2.06 bits per heavy atom. The molecule has 0 aliphatic heterocycles. The molecule has 0 fully saturated rings. The number of hydrazine groups is 1. The van der Waals surface area contributed by atoms with Gasteiger partial charge in [0, 0.05) is 12.0 Å². The van der Waals surface area contributed by atoms with Gasteiger partial charge in [-0.2, -0.15) is 0 Å². The second kappa shape index (κ2) is 5.60. The quantitative estimate of drug-likeness (QED) is 0.815. The smallest absolute Gasteiger partial charge is 0.269 e. The van der Waals surface area contributed by atoms with E-state index >= 15 is 0 Å². The molecule has 0 saturated carbocycles. The average Bonchev–Trinajstić information content (AvgIpc) is 2.29. The van der Waals surface area contributed by atoms with Gasteiger partial charge in [0.25, 0.3) is 5.91 Å². The Kier molecular flexibility index (Phi) is 4.42. The molecule has 0 aliphatic carbocycles. The minimum absolute atomic E-state index is 0.196. The van der Waals surface area contributed by atoms with Gasteiger partial charge in [-0.05, 0) is 34.1 Å². The standard InChI is InChI=1S/C10H10BrFN2O2/c1-2-9(15)13-14-10(16)6-3-4-8(12)7(11)5-6/h3-5H,2H2,1H3,(H,13,15)(H,14,16). The summed E-state index contributed by atoms with van der Waals surface area (Å²) in [6.45, 7) is 1.66. The zero-order chi connectivity index (χ0) is 12.1. The van der Waals surface area contributed by atoms with Crippen molar-refractivity contribution in [3.8, 4) is 0 Å². The molecule has 0 spiro atoms. The molecule has 0 aromatic heterocycles. The second-order valence-corrected chi connectivity index (χ2v) is 3.84. The summed E-state index contributed by atoms with van der Waals surface area (Å²) in [5, 5.41) is 0. The molecule has 0 heterocycles. The van der Waals surface area contributed by atoms with Gasteiger partial charge in [-0.3, -0.25) is 20.4 Å². The maximum atomic E-state index is 12.9. The van der Waals surface area contributed by atoms with Crippen LogP contribution in [0.1, 0.15) is 23.7 Å². The first-order valence-electron chi connectivity index (χ1n) is 4.58. The summed E-state index contributed by atoms with van der Waals surface area (Å²) in [6, 6.07) is 3.83. The molecule has 0 atom stereocenters. The molecule has 6 heteroatoms. The predicted octanol–water partition coefficient (Wildman–Crippen LogP) is 1.76. The number of rotatable bonds is 2. The molecule has 16 heavy (non-hydrogen) atoms. The lowest BCUT2D eigenvalue weighted by Gasteiger charge is -2.06. The molecule has 2 N–H and O–H groups in total. The highest BCUT2D eigenvalue weighted by molar-refractivity contribution is 9.10. The number of nitrogens with one attached hydrogen (secondary N) is 2. The van der Waals surface area contributed by atoms with Crippen LogP contribution in [0, 0.1) is 5.82 Å². The SMILES string of the molecule is CCC(=O)NNC(=O)c1ccc(F)c(Br)c1. The van der Waals surface area contributed by atoms with E-state index in [4.69, 9.17) is 0 Å². The molecule has 0 radical (unpaired) electrons. The number of hydrogen-bond donors (Lipinski definition) is 2. The molecule has 1 rings (SSSR count). The van der Waals surface area contributed by atoms with Gasteiger partial charge < -0.3 is 0 Å². The van der Waals surface area contributed by atoms with Crippen molar-refractivity contribution in [1.82, 2.24) is 10.9 Å². The minimum Gasteiger partial charge on any atom is -0.273 e. The fourth-order valence-electron chi connectivity index (χ4n) is 0.924. The summed E-state index contributed by atoms with van der Waals surface area (Å²) in [5.41, 5.74) is 4.69. The van der Waals surface area contributed by atoms with E-state index in [0.29, 0.717) is 0 Å². The highest BCUT2D eigenvalue weighted by atomic mass is 79.9. The van der Waals surface area contributed by atoms with Gasteiger partial charge in [0.05, 0.1) is 4.47 Å². The van der Waals surface area contributed by atoms with Crippen molar-refractivity contribution in [2.75, 3.05) is 0 Å². The fraction of sp³-hybridized carbons (Fsp3) is 0.200. The number of benzene rings is 1. The third-order valence-corrected chi connectivity index (χ3v) is 2.43. The zero-order valence-electron chi connectivity index (χ0n) is 8.51. The van der Waals surface area contributed by atoms with Crippen molar-refractivity contribution >= 4 is 27.7 Å². The second-order valence-electron chi connectivity index (χ2n) is 2.98. The van der Waals surface area contributed by atoms with Crippen molar-refractivity contribution in [1.29, 1.82) is 0 Å². The Bertz CT molecular complexity index is 423. The molecule has 1 aromatic carbocycles. The number of hydrogen-bond acceptors (Lipinski definition) is 2. The summed E-state index contributed by atoms with van der Waals surface area (Å²) >= 11 is 2.97. The molecule has 2 amide bonds. The van der Waals surface area contributed by atoms with Crippen LogP contribution >= 0.6 is 15.9 Å². The van der Waals surface area contributed by atoms with E-state index in [1.54, 1.807) is 6.92 Å². The van der Waals surface area contributed by atoms with E-state index in [-0.39, 0.29) is 22.4 Å². The maximum Gasteiger partial charge on any atom is 0.269 e. The van der Waals surface area contributed by atoms with Gasteiger partial charge in [0.1, 0.15) is 5.82 Å². The van der Waals surface area contributed by atoms with E-state index in [2.05, 4.69) is 26.8 Å². The number of amides is 2. The first-order valence-corrected chi connectivity index (χ1v) is 5.38. The van der Waals surface area contributed by atoms with Crippen molar-refractivity contribution < 1.29 is 14.0 Å². The fourth-order valence-corrected chi connectivity index (χ4v) is 1.30. The molecule has 4 nitrogen and oxygen atoms in total. The minimum atomic E-state index is -0.498. The summed E-state index contributed by atoms with van der Waals surface area (Å²) in [6.07, 6.45) is 0.271. The van der Waals surface area contributed by atoms with E-state index < -0.39 is 11.7 Å². The Morgan fingerprint density at radius 3 is 2.62 bits per heavy atom. The van der Waals surface area contributed by atoms with Gasteiger partial charge in [-0.1, -0.05) is 6.92 Å².